The van der Waals surface area contributed by atoms with Crippen LogP contribution in [-0.4, -0.2) is 23.9 Å². The molecular weight excluding hydrogens is 218 g/mol. The number of fused-ring (bicyclic) bond motifs is 1. The van der Waals surface area contributed by atoms with E-state index in [-0.39, 0.29) is 12.4 Å². The molecular formula is C13H19NO3. The normalized spacial score (nSPS) is 16.4. The van der Waals surface area contributed by atoms with Crippen LogP contribution in [0.2, 0.25) is 0 Å². The van der Waals surface area contributed by atoms with Crippen LogP contribution < -0.4 is 10.5 Å². The predicted molar refractivity (Wildman–Crippen MR) is 65.3 cm³/mol. The molecule has 1 aromatic carbocycles. The van der Waals surface area contributed by atoms with Crippen LogP contribution >= 0.6 is 0 Å². The summed E-state index contributed by atoms with van der Waals surface area (Å²) < 4.78 is 5.35. The van der Waals surface area contributed by atoms with Crippen molar-refractivity contribution in [1.29, 1.82) is 0 Å². The second kappa shape index (κ2) is 4.94. The van der Waals surface area contributed by atoms with Crippen LogP contribution in [-0.2, 0) is 12.8 Å². The van der Waals surface area contributed by atoms with E-state index >= 15 is 0 Å². The monoisotopic (exact) mass is 237 g/mol. The Morgan fingerprint density at radius 1 is 1.35 bits per heavy atom. The predicted octanol–water partition coefficient (Wildman–Crippen LogP) is 1.27. The lowest BCUT2D eigenvalue weighted by atomic mass is 9.87. The first-order valence-electron chi connectivity index (χ1n) is 5.97. The highest BCUT2D eigenvalue weighted by Gasteiger charge is 2.23. The van der Waals surface area contributed by atoms with Gasteiger partial charge in [-0.05, 0) is 31.7 Å². The Bertz CT molecular complexity index is 418. The molecule has 0 radical (unpaired) electrons. The van der Waals surface area contributed by atoms with Gasteiger partial charge in [-0.15, -0.1) is 0 Å². The number of methoxy groups -OCH3 is 1. The van der Waals surface area contributed by atoms with Gasteiger partial charge >= 0.3 is 0 Å². The third kappa shape index (κ3) is 2.10. The zero-order chi connectivity index (χ0) is 12.4. The maximum atomic E-state index is 10.2. The number of phenolic OH excluding ortho intramolecular Hbond substituents is 1. The maximum absolute atomic E-state index is 10.2. The molecule has 94 valence electrons. The Labute approximate surface area is 101 Å². The van der Waals surface area contributed by atoms with Gasteiger partial charge in [0.1, 0.15) is 11.5 Å². The van der Waals surface area contributed by atoms with Crippen molar-refractivity contribution >= 4 is 0 Å². The van der Waals surface area contributed by atoms with Gasteiger partial charge < -0.3 is 20.7 Å². The molecule has 1 aliphatic rings. The van der Waals surface area contributed by atoms with Crippen LogP contribution in [0.25, 0.3) is 0 Å². The van der Waals surface area contributed by atoms with E-state index in [1.807, 2.05) is 0 Å². The van der Waals surface area contributed by atoms with Crippen molar-refractivity contribution in [2.75, 3.05) is 13.7 Å². The van der Waals surface area contributed by atoms with Crippen LogP contribution in [0.5, 0.6) is 11.5 Å². The number of benzene rings is 1. The van der Waals surface area contributed by atoms with Crippen molar-refractivity contribution in [1.82, 2.24) is 0 Å². The first-order chi connectivity index (χ1) is 8.19. The standard InChI is InChI=1S/C13H19NO3/c1-17-12-6-10(11(14)7-15)13(16)9-5-3-2-4-8(9)12/h6,11,15-16H,2-5,7,14H2,1H3. The highest BCUT2D eigenvalue weighted by molar-refractivity contribution is 5.55. The first kappa shape index (κ1) is 12.2. The molecule has 0 spiro atoms. The number of aliphatic hydroxyl groups is 1. The van der Waals surface area contributed by atoms with Crippen molar-refractivity contribution in [2.45, 2.75) is 31.7 Å². The lowest BCUT2D eigenvalue weighted by Gasteiger charge is -2.23. The summed E-state index contributed by atoms with van der Waals surface area (Å²) in [6.07, 6.45) is 3.97. The smallest absolute Gasteiger partial charge is 0.124 e. The fraction of sp³-hybridized carbons (Fsp3) is 0.538. The van der Waals surface area contributed by atoms with E-state index in [1.54, 1.807) is 13.2 Å². The van der Waals surface area contributed by atoms with Crippen molar-refractivity contribution in [3.05, 3.63) is 22.8 Å². The van der Waals surface area contributed by atoms with Crippen molar-refractivity contribution in [2.24, 2.45) is 5.73 Å². The molecule has 17 heavy (non-hydrogen) atoms. The van der Waals surface area contributed by atoms with Gasteiger partial charge in [0, 0.05) is 16.7 Å². The molecule has 0 aromatic heterocycles. The number of aromatic hydroxyl groups is 1. The molecule has 0 heterocycles. The quantitative estimate of drug-likeness (QED) is 0.740. The fourth-order valence-electron chi connectivity index (χ4n) is 2.47. The molecule has 1 aliphatic carbocycles. The van der Waals surface area contributed by atoms with E-state index in [0.29, 0.717) is 5.56 Å². The van der Waals surface area contributed by atoms with Crippen LogP contribution in [0.1, 0.15) is 35.6 Å². The van der Waals surface area contributed by atoms with Crippen LogP contribution in [0, 0.1) is 0 Å². The Hall–Kier alpha value is -1.26. The minimum atomic E-state index is -0.559. The number of hydrogen-bond acceptors (Lipinski definition) is 4. The van der Waals surface area contributed by atoms with Crippen LogP contribution in [0.3, 0.4) is 0 Å². The lowest BCUT2D eigenvalue weighted by Crippen LogP contribution is -2.17. The molecule has 0 saturated heterocycles. The van der Waals surface area contributed by atoms with E-state index in [4.69, 9.17) is 15.6 Å². The number of phenols is 1. The van der Waals surface area contributed by atoms with E-state index in [1.165, 1.54) is 0 Å². The summed E-state index contributed by atoms with van der Waals surface area (Å²) in [5.41, 5.74) is 8.39. The molecule has 0 bridgehead atoms. The summed E-state index contributed by atoms with van der Waals surface area (Å²) in [5.74, 6) is 1.01. The molecule has 0 amide bonds. The summed E-state index contributed by atoms with van der Waals surface area (Å²) >= 11 is 0. The zero-order valence-electron chi connectivity index (χ0n) is 10.1. The molecule has 1 atom stereocenters. The molecule has 4 N–H and O–H groups in total. The van der Waals surface area contributed by atoms with Gasteiger partial charge in [0.05, 0.1) is 19.8 Å². The molecule has 0 aliphatic heterocycles. The molecule has 4 nitrogen and oxygen atoms in total. The molecule has 1 aromatic rings. The molecule has 0 saturated carbocycles. The van der Waals surface area contributed by atoms with Crippen molar-refractivity contribution in [3.8, 4) is 11.5 Å². The summed E-state index contributed by atoms with van der Waals surface area (Å²) in [5, 5.41) is 19.3. The molecule has 4 heteroatoms. The topological polar surface area (TPSA) is 75.7 Å². The van der Waals surface area contributed by atoms with E-state index in [0.717, 1.165) is 42.6 Å². The number of hydrogen-bond donors (Lipinski definition) is 3. The first-order valence-corrected chi connectivity index (χ1v) is 5.97. The zero-order valence-corrected chi connectivity index (χ0v) is 10.1. The van der Waals surface area contributed by atoms with Gasteiger partial charge in [0.25, 0.3) is 0 Å². The van der Waals surface area contributed by atoms with Crippen molar-refractivity contribution < 1.29 is 14.9 Å². The summed E-state index contributed by atoms with van der Waals surface area (Å²) in [4.78, 5) is 0. The third-order valence-electron chi connectivity index (χ3n) is 3.43. The number of rotatable bonds is 3. The van der Waals surface area contributed by atoms with Gasteiger partial charge in [-0.1, -0.05) is 0 Å². The highest BCUT2D eigenvalue weighted by atomic mass is 16.5. The Morgan fingerprint density at radius 2 is 2.00 bits per heavy atom. The highest BCUT2D eigenvalue weighted by Crippen LogP contribution is 2.40. The van der Waals surface area contributed by atoms with Crippen molar-refractivity contribution in [3.63, 3.8) is 0 Å². The van der Waals surface area contributed by atoms with Gasteiger partial charge in [-0.25, -0.2) is 0 Å². The minimum absolute atomic E-state index is 0.185. The Kier molecular flexibility index (Phi) is 3.54. The van der Waals surface area contributed by atoms with Gasteiger partial charge in [-0.2, -0.15) is 0 Å². The van der Waals surface area contributed by atoms with E-state index in [9.17, 15) is 5.11 Å². The second-order valence-corrected chi connectivity index (χ2v) is 4.47. The maximum Gasteiger partial charge on any atom is 0.124 e. The Balaban J connectivity index is 2.56. The molecule has 1 unspecified atom stereocenters. The van der Waals surface area contributed by atoms with Crippen LogP contribution in [0.4, 0.5) is 0 Å². The SMILES string of the molecule is COc1cc(C(N)CO)c(O)c2c1CCCC2. The second-order valence-electron chi connectivity index (χ2n) is 4.47. The number of aliphatic hydroxyl groups excluding tert-OH is 1. The fourth-order valence-corrected chi connectivity index (χ4v) is 2.47. The van der Waals surface area contributed by atoms with E-state index in [2.05, 4.69) is 0 Å². The minimum Gasteiger partial charge on any atom is -0.507 e. The number of ether oxygens (including phenoxy) is 1. The van der Waals surface area contributed by atoms with Gasteiger partial charge in [0.15, 0.2) is 0 Å². The third-order valence-corrected chi connectivity index (χ3v) is 3.43. The Morgan fingerprint density at radius 3 is 2.59 bits per heavy atom. The lowest BCUT2D eigenvalue weighted by molar-refractivity contribution is 0.264. The molecule has 2 rings (SSSR count). The van der Waals surface area contributed by atoms with Crippen LogP contribution in [0.15, 0.2) is 6.07 Å². The van der Waals surface area contributed by atoms with Gasteiger partial charge in [0.2, 0.25) is 0 Å². The average Bonchev–Trinajstić information content (AvgIpc) is 2.39. The molecule has 0 fully saturated rings. The largest absolute Gasteiger partial charge is 0.507 e. The van der Waals surface area contributed by atoms with Gasteiger partial charge in [-0.3, -0.25) is 0 Å². The summed E-state index contributed by atoms with van der Waals surface area (Å²) in [6, 6.07) is 1.19. The van der Waals surface area contributed by atoms with E-state index < -0.39 is 6.04 Å². The average molecular weight is 237 g/mol. The summed E-state index contributed by atoms with van der Waals surface area (Å²) in [6.45, 7) is -0.185. The number of nitrogens with two attached hydrogens (primary N) is 1. The summed E-state index contributed by atoms with van der Waals surface area (Å²) in [7, 11) is 1.62.